The number of para-hydroxylation sites is 1. The van der Waals surface area contributed by atoms with Crippen molar-refractivity contribution in [1.82, 2.24) is 0 Å². The van der Waals surface area contributed by atoms with Gasteiger partial charge >= 0.3 is 0 Å². The molecule has 0 amide bonds. The number of halogens is 1. The van der Waals surface area contributed by atoms with E-state index in [9.17, 15) is 0 Å². The van der Waals surface area contributed by atoms with Gasteiger partial charge in [-0.15, -0.1) is 12.4 Å². The van der Waals surface area contributed by atoms with Crippen LogP contribution in [0, 0.1) is 5.92 Å². The summed E-state index contributed by atoms with van der Waals surface area (Å²) in [4.78, 5) is 0. The van der Waals surface area contributed by atoms with E-state index in [0.29, 0.717) is 18.6 Å². The predicted octanol–water partition coefficient (Wildman–Crippen LogP) is 3.07. The lowest BCUT2D eigenvalue weighted by Crippen LogP contribution is -2.27. The van der Waals surface area contributed by atoms with E-state index in [2.05, 4.69) is 29.6 Å². The Hall–Kier alpha value is -0.730. The second kappa shape index (κ2) is 6.77. The lowest BCUT2D eigenvalue weighted by Gasteiger charge is -2.28. The number of hydrogen-bond donors (Lipinski definition) is 2. The van der Waals surface area contributed by atoms with Crippen molar-refractivity contribution in [1.29, 1.82) is 0 Å². The third-order valence-electron chi connectivity index (χ3n) is 3.25. The van der Waals surface area contributed by atoms with Gasteiger partial charge < -0.3 is 10.4 Å². The van der Waals surface area contributed by atoms with Gasteiger partial charge in [0.1, 0.15) is 0 Å². The van der Waals surface area contributed by atoms with Gasteiger partial charge in [-0.1, -0.05) is 18.2 Å². The van der Waals surface area contributed by atoms with Crippen LogP contribution in [0.5, 0.6) is 0 Å². The van der Waals surface area contributed by atoms with Gasteiger partial charge in [0.15, 0.2) is 0 Å². The maximum absolute atomic E-state index is 9.05. The zero-order chi connectivity index (χ0) is 10.5. The van der Waals surface area contributed by atoms with E-state index in [1.54, 1.807) is 0 Å². The fraction of sp³-hybridized carbons (Fsp3) is 0.538. The minimum atomic E-state index is 0. The van der Waals surface area contributed by atoms with Gasteiger partial charge in [-0.2, -0.15) is 0 Å². The highest BCUT2D eigenvalue weighted by molar-refractivity contribution is 5.85. The molecule has 0 unspecified atom stereocenters. The second-order valence-electron chi connectivity index (χ2n) is 4.41. The van der Waals surface area contributed by atoms with E-state index in [1.165, 1.54) is 18.5 Å². The van der Waals surface area contributed by atoms with Gasteiger partial charge in [-0.25, -0.2) is 0 Å². The van der Waals surface area contributed by atoms with Crippen molar-refractivity contribution in [2.45, 2.75) is 31.7 Å². The van der Waals surface area contributed by atoms with E-state index in [1.807, 2.05) is 6.07 Å². The Balaban J connectivity index is 0.00000128. The topological polar surface area (TPSA) is 32.3 Å². The zero-order valence-electron chi connectivity index (χ0n) is 9.43. The van der Waals surface area contributed by atoms with E-state index in [-0.39, 0.29) is 12.4 Å². The molecule has 0 radical (unpaired) electrons. The maximum Gasteiger partial charge on any atom is 0.0459 e. The first-order valence-electron chi connectivity index (χ1n) is 5.81. The summed E-state index contributed by atoms with van der Waals surface area (Å²) in [6.07, 6.45) is 4.67. The van der Waals surface area contributed by atoms with Crippen LogP contribution in [0.3, 0.4) is 0 Å². The average Bonchev–Trinajstić information content (AvgIpc) is 2.31. The number of aliphatic hydroxyl groups is 1. The molecule has 0 aromatic heterocycles. The molecule has 2 nitrogen and oxygen atoms in total. The van der Waals surface area contributed by atoms with Crippen LogP contribution in [0.1, 0.15) is 25.7 Å². The third-order valence-corrected chi connectivity index (χ3v) is 3.25. The normalized spacial score (nSPS) is 24.6. The molecule has 0 atom stereocenters. The fourth-order valence-corrected chi connectivity index (χ4v) is 2.26. The molecule has 0 heterocycles. The summed E-state index contributed by atoms with van der Waals surface area (Å²) in [5.74, 6) is 0.541. The summed E-state index contributed by atoms with van der Waals surface area (Å²) in [6.45, 7) is 0.359. The van der Waals surface area contributed by atoms with Gasteiger partial charge in [-0.05, 0) is 43.7 Å². The number of aliphatic hydroxyl groups excluding tert-OH is 1. The highest BCUT2D eigenvalue weighted by Crippen LogP contribution is 2.25. The first-order valence-corrected chi connectivity index (χ1v) is 5.81. The summed E-state index contributed by atoms with van der Waals surface area (Å²) in [7, 11) is 0. The average molecular weight is 242 g/mol. The molecule has 1 aromatic carbocycles. The summed E-state index contributed by atoms with van der Waals surface area (Å²) in [6, 6.07) is 11.0. The van der Waals surface area contributed by atoms with Gasteiger partial charge in [0.05, 0.1) is 0 Å². The van der Waals surface area contributed by atoms with Crippen molar-refractivity contribution in [3.05, 3.63) is 30.3 Å². The van der Waals surface area contributed by atoms with Crippen LogP contribution in [0.25, 0.3) is 0 Å². The number of benzene rings is 1. The van der Waals surface area contributed by atoms with Gasteiger partial charge in [0.25, 0.3) is 0 Å². The van der Waals surface area contributed by atoms with E-state index in [0.717, 1.165) is 12.8 Å². The van der Waals surface area contributed by atoms with Gasteiger partial charge in [0, 0.05) is 18.3 Å². The number of anilines is 1. The molecular weight excluding hydrogens is 222 g/mol. The largest absolute Gasteiger partial charge is 0.396 e. The molecule has 1 aliphatic rings. The van der Waals surface area contributed by atoms with Gasteiger partial charge in [-0.3, -0.25) is 0 Å². The Bertz CT molecular complexity index is 283. The Morgan fingerprint density at radius 3 is 2.25 bits per heavy atom. The van der Waals surface area contributed by atoms with E-state index < -0.39 is 0 Å². The van der Waals surface area contributed by atoms with Crippen LogP contribution >= 0.6 is 12.4 Å². The summed E-state index contributed by atoms with van der Waals surface area (Å²) < 4.78 is 0. The fourth-order valence-electron chi connectivity index (χ4n) is 2.26. The number of hydrogen-bond acceptors (Lipinski definition) is 2. The molecule has 3 heteroatoms. The lowest BCUT2D eigenvalue weighted by molar-refractivity contribution is 0.186. The zero-order valence-corrected chi connectivity index (χ0v) is 10.2. The number of rotatable bonds is 3. The SMILES string of the molecule is Cl.OC[C@H]1CC[C@@H](Nc2ccccc2)CC1. The standard InChI is InChI=1S/C13H19NO.ClH/c15-10-11-6-8-13(9-7-11)14-12-4-2-1-3-5-12;/h1-5,11,13-15H,6-10H2;1H/t11-,13+;. The Morgan fingerprint density at radius 1 is 1.06 bits per heavy atom. The van der Waals surface area contributed by atoms with Gasteiger partial charge in [0.2, 0.25) is 0 Å². The highest BCUT2D eigenvalue weighted by Gasteiger charge is 2.19. The molecule has 1 aromatic rings. The molecular formula is C13H20ClNO. The smallest absolute Gasteiger partial charge is 0.0459 e. The molecule has 0 saturated heterocycles. The summed E-state index contributed by atoms with van der Waals surface area (Å²) >= 11 is 0. The van der Waals surface area contributed by atoms with Crippen molar-refractivity contribution >= 4 is 18.1 Å². The van der Waals surface area contributed by atoms with Crippen LogP contribution in [0.4, 0.5) is 5.69 Å². The van der Waals surface area contributed by atoms with Crippen LogP contribution in [-0.4, -0.2) is 17.8 Å². The Labute approximate surface area is 103 Å². The first-order chi connectivity index (χ1) is 7.38. The molecule has 16 heavy (non-hydrogen) atoms. The maximum atomic E-state index is 9.05. The molecule has 90 valence electrons. The van der Waals surface area contributed by atoms with Crippen LogP contribution < -0.4 is 5.32 Å². The Morgan fingerprint density at radius 2 is 1.69 bits per heavy atom. The van der Waals surface area contributed by atoms with E-state index >= 15 is 0 Å². The minimum absolute atomic E-state index is 0. The molecule has 1 saturated carbocycles. The van der Waals surface area contributed by atoms with Crippen molar-refractivity contribution in [3.8, 4) is 0 Å². The van der Waals surface area contributed by atoms with Crippen LogP contribution in [-0.2, 0) is 0 Å². The minimum Gasteiger partial charge on any atom is -0.396 e. The van der Waals surface area contributed by atoms with Crippen LogP contribution in [0.2, 0.25) is 0 Å². The van der Waals surface area contributed by atoms with Crippen molar-refractivity contribution in [3.63, 3.8) is 0 Å². The van der Waals surface area contributed by atoms with E-state index in [4.69, 9.17) is 5.11 Å². The van der Waals surface area contributed by atoms with Crippen LogP contribution in [0.15, 0.2) is 30.3 Å². The predicted molar refractivity (Wildman–Crippen MR) is 70.1 cm³/mol. The molecule has 2 rings (SSSR count). The first kappa shape index (κ1) is 13.3. The quantitative estimate of drug-likeness (QED) is 0.853. The molecule has 2 N–H and O–H groups in total. The summed E-state index contributed by atoms with van der Waals surface area (Å²) in [5, 5.41) is 12.6. The van der Waals surface area contributed by atoms with Crippen molar-refractivity contribution < 1.29 is 5.11 Å². The lowest BCUT2D eigenvalue weighted by atomic mass is 9.86. The van der Waals surface area contributed by atoms with Crippen molar-refractivity contribution in [2.24, 2.45) is 5.92 Å². The molecule has 1 aliphatic carbocycles. The third kappa shape index (κ3) is 3.69. The highest BCUT2D eigenvalue weighted by atomic mass is 35.5. The molecule has 0 bridgehead atoms. The molecule has 0 aliphatic heterocycles. The second-order valence-corrected chi connectivity index (χ2v) is 4.41. The number of nitrogens with one attached hydrogen (secondary N) is 1. The van der Waals surface area contributed by atoms with Crippen molar-refractivity contribution in [2.75, 3.05) is 11.9 Å². The monoisotopic (exact) mass is 241 g/mol. The Kier molecular flexibility index (Phi) is 5.64. The molecule has 0 spiro atoms. The molecule has 1 fully saturated rings. The summed E-state index contributed by atoms with van der Waals surface area (Å²) in [5.41, 5.74) is 1.21.